The molecule has 0 atom stereocenters. The minimum atomic E-state index is -3.45. The van der Waals surface area contributed by atoms with E-state index in [0.29, 0.717) is 18.0 Å². The van der Waals surface area contributed by atoms with Crippen molar-refractivity contribution in [1.29, 1.82) is 0 Å². The van der Waals surface area contributed by atoms with Gasteiger partial charge in [-0.3, -0.25) is 4.72 Å². The number of hydrogen-bond acceptors (Lipinski definition) is 6. The van der Waals surface area contributed by atoms with Crippen molar-refractivity contribution < 1.29 is 17.9 Å². The lowest BCUT2D eigenvalue weighted by Gasteiger charge is -2.17. The molecule has 0 aromatic heterocycles. The van der Waals surface area contributed by atoms with Crippen LogP contribution in [0.25, 0.3) is 0 Å². The third kappa shape index (κ3) is 7.06. The lowest BCUT2D eigenvalue weighted by atomic mass is 10.1. The quantitative estimate of drug-likeness (QED) is 0.603. The van der Waals surface area contributed by atoms with Crippen LogP contribution in [0, 0.1) is 0 Å². The summed E-state index contributed by atoms with van der Waals surface area (Å²) >= 11 is 1.67. The Morgan fingerprint density at radius 1 is 1.11 bits per heavy atom. The smallest absolute Gasteiger partial charge is 0.234 e. The van der Waals surface area contributed by atoms with Crippen LogP contribution in [0.4, 0.5) is 5.69 Å². The summed E-state index contributed by atoms with van der Waals surface area (Å²) < 4.78 is 37.6. The number of benzene rings is 2. The zero-order chi connectivity index (χ0) is 19.9. The molecular weight excluding hydrogens is 384 g/mol. The molecule has 0 aliphatic heterocycles. The standard InChI is InChI=1S/C19H26N2O4S2/c1-21(2)14-15-13-16(20-27(22,23)12-11-24-3)5-10-19(15)25-17-6-8-18(26-4)9-7-17/h5-10,13,20H,11-12,14H2,1-4H3. The van der Waals surface area contributed by atoms with Gasteiger partial charge in [-0.2, -0.15) is 0 Å². The molecule has 0 bridgehead atoms. The van der Waals surface area contributed by atoms with E-state index in [1.165, 1.54) is 7.11 Å². The number of methoxy groups -OCH3 is 1. The molecule has 148 valence electrons. The van der Waals surface area contributed by atoms with E-state index in [4.69, 9.17) is 9.47 Å². The van der Waals surface area contributed by atoms with Crippen LogP contribution in [0.1, 0.15) is 5.56 Å². The van der Waals surface area contributed by atoms with E-state index < -0.39 is 10.0 Å². The summed E-state index contributed by atoms with van der Waals surface area (Å²) in [5.74, 6) is 1.34. The van der Waals surface area contributed by atoms with E-state index in [1.54, 1.807) is 30.0 Å². The average molecular weight is 411 g/mol. The Balaban J connectivity index is 2.23. The third-order valence-corrected chi connectivity index (χ3v) is 5.66. The molecule has 0 aliphatic rings. The molecule has 0 spiro atoms. The second-order valence-electron chi connectivity index (χ2n) is 6.25. The first-order valence-corrected chi connectivity index (χ1v) is 11.3. The van der Waals surface area contributed by atoms with Crippen molar-refractivity contribution in [3.05, 3.63) is 48.0 Å². The molecule has 0 saturated heterocycles. The molecule has 0 fully saturated rings. The summed E-state index contributed by atoms with van der Waals surface area (Å²) in [7, 11) is 1.92. The zero-order valence-electron chi connectivity index (χ0n) is 16.1. The normalized spacial score (nSPS) is 11.6. The maximum Gasteiger partial charge on any atom is 0.234 e. The Hall–Kier alpha value is -1.74. The van der Waals surface area contributed by atoms with Gasteiger partial charge in [0.2, 0.25) is 10.0 Å². The minimum Gasteiger partial charge on any atom is -0.457 e. The molecule has 0 unspecified atom stereocenters. The second-order valence-corrected chi connectivity index (χ2v) is 8.97. The van der Waals surface area contributed by atoms with Gasteiger partial charge in [-0.25, -0.2) is 8.42 Å². The molecule has 0 saturated carbocycles. The summed E-state index contributed by atoms with van der Waals surface area (Å²) in [4.78, 5) is 3.17. The van der Waals surface area contributed by atoms with Crippen molar-refractivity contribution in [2.45, 2.75) is 11.4 Å². The van der Waals surface area contributed by atoms with E-state index in [2.05, 4.69) is 4.72 Å². The molecule has 1 N–H and O–H groups in total. The second kappa shape index (κ2) is 9.98. The monoisotopic (exact) mass is 410 g/mol. The van der Waals surface area contributed by atoms with Crippen LogP contribution in [0.2, 0.25) is 0 Å². The van der Waals surface area contributed by atoms with Crippen LogP contribution < -0.4 is 9.46 Å². The Morgan fingerprint density at radius 3 is 2.41 bits per heavy atom. The first-order valence-electron chi connectivity index (χ1n) is 8.42. The van der Waals surface area contributed by atoms with Crippen LogP contribution in [-0.4, -0.2) is 53.1 Å². The van der Waals surface area contributed by atoms with Gasteiger partial charge in [0.25, 0.3) is 0 Å². The van der Waals surface area contributed by atoms with Crippen LogP contribution >= 0.6 is 11.8 Å². The fourth-order valence-electron chi connectivity index (χ4n) is 2.40. The highest BCUT2D eigenvalue weighted by Gasteiger charge is 2.13. The third-order valence-electron chi connectivity index (χ3n) is 3.66. The zero-order valence-corrected chi connectivity index (χ0v) is 17.7. The molecule has 0 heterocycles. The first kappa shape index (κ1) is 21.6. The predicted molar refractivity (Wildman–Crippen MR) is 111 cm³/mol. The Bertz CT molecular complexity index is 837. The Labute approximate surface area is 165 Å². The maximum atomic E-state index is 12.1. The summed E-state index contributed by atoms with van der Waals surface area (Å²) in [6.07, 6.45) is 2.03. The average Bonchev–Trinajstić information content (AvgIpc) is 2.62. The highest BCUT2D eigenvalue weighted by molar-refractivity contribution is 7.98. The SMILES string of the molecule is COCCS(=O)(=O)Nc1ccc(Oc2ccc(SC)cc2)c(CN(C)C)c1. The van der Waals surface area contributed by atoms with Gasteiger partial charge in [-0.15, -0.1) is 11.8 Å². The van der Waals surface area contributed by atoms with Crippen LogP contribution in [-0.2, 0) is 21.3 Å². The van der Waals surface area contributed by atoms with Gasteiger partial charge in [-0.05, 0) is 62.8 Å². The Kier molecular flexibility index (Phi) is 7.97. The summed E-state index contributed by atoms with van der Waals surface area (Å²) in [5.41, 5.74) is 1.40. The number of sulfonamides is 1. The largest absolute Gasteiger partial charge is 0.457 e. The van der Waals surface area contributed by atoms with E-state index in [9.17, 15) is 8.42 Å². The van der Waals surface area contributed by atoms with Gasteiger partial charge in [0, 0.05) is 29.8 Å². The van der Waals surface area contributed by atoms with Gasteiger partial charge < -0.3 is 14.4 Å². The van der Waals surface area contributed by atoms with E-state index in [0.717, 1.165) is 16.2 Å². The number of nitrogens with zero attached hydrogens (tertiary/aromatic N) is 1. The predicted octanol–water partition coefficient (Wildman–Crippen LogP) is 3.65. The molecule has 0 aliphatic carbocycles. The highest BCUT2D eigenvalue weighted by atomic mass is 32.2. The number of thioether (sulfide) groups is 1. The molecular formula is C19H26N2O4S2. The molecule has 27 heavy (non-hydrogen) atoms. The summed E-state index contributed by atoms with van der Waals surface area (Å²) in [6.45, 7) is 0.763. The number of nitrogens with one attached hydrogen (secondary N) is 1. The van der Waals surface area contributed by atoms with Crippen LogP contribution in [0.5, 0.6) is 11.5 Å². The molecule has 2 aromatic rings. The fraction of sp³-hybridized carbons (Fsp3) is 0.368. The highest BCUT2D eigenvalue weighted by Crippen LogP contribution is 2.30. The van der Waals surface area contributed by atoms with Crippen molar-refractivity contribution >= 4 is 27.5 Å². The fourth-order valence-corrected chi connectivity index (χ4v) is 3.78. The number of anilines is 1. The molecule has 6 nitrogen and oxygen atoms in total. The van der Waals surface area contributed by atoms with Gasteiger partial charge in [0.05, 0.1) is 12.4 Å². The van der Waals surface area contributed by atoms with Crippen molar-refractivity contribution in [2.24, 2.45) is 0 Å². The van der Waals surface area contributed by atoms with Gasteiger partial charge in [-0.1, -0.05) is 0 Å². The van der Waals surface area contributed by atoms with Gasteiger partial charge >= 0.3 is 0 Å². The van der Waals surface area contributed by atoms with Gasteiger partial charge in [0.1, 0.15) is 11.5 Å². The number of hydrogen-bond donors (Lipinski definition) is 1. The molecule has 2 rings (SSSR count). The van der Waals surface area contributed by atoms with Crippen molar-refractivity contribution in [3.8, 4) is 11.5 Å². The van der Waals surface area contributed by atoms with Crippen LogP contribution in [0.15, 0.2) is 47.4 Å². The molecule has 0 amide bonds. The number of ether oxygens (including phenoxy) is 2. The van der Waals surface area contributed by atoms with Crippen molar-refractivity contribution in [3.63, 3.8) is 0 Å². The number of rotatable bonds is 10. The molecule has 8 heteroatoms. The molecule has 0 radical (unpaired) electrons. The first-order chi connectivity index (χ1) is 12.8. The topological polar surface area (TPSA) is 67.9 Å². The summed E-state index contributed by atoms with van der Waals surface area (Å²) in [6, 6.07) is 13.1. The van der Waals surface area contributed by atoms with E-state index in [1.807, 2.05) is 49.5 Å². The minimum absolute atomic E-state index is 0.0907. The van der Waals surface area contributed by atoms with Crippen molar-refractivity contribution in [1.82, 2.24) is 4.90 Å². The maximum absolute atomic E-state index is 12.1. The van der Waals surface area contributed by atoms with E-state index in [-0.39, 0.29) is 12.4 Å². The Morgan fingerprint density at radius 2 is 1.81 bits per heavy atom. The lowest BCUT2D eigenvalue weighted by Crippen LogP contribution is -2.20. The van der Waals surface area contributed by atoms with Crippen molar-refractivity contribution in [2.75, 3.05) is 44.5 Å². The van der Waals surface area contributed by atoms with Gasteiger partial charge in [0.15, 0.2) is 0 Å². The van der Waals surface area contributed by atoms with Crippen LogP contribution in [0.3, 0.4) is 0 Å². The molecule has 2 aromatic carbocycles. The van der Waals surface area contributed by atoms with E-state index >= 15 is 0 Å². The summed E-state index contributed by atoms with van der Waals surface area (Å²) in [5, 5.41) is 0. The lowest BCUT2D eigenvalue weighted by molar-refractivity contribution is 0.217.